The van der Waals surface area contributed by atoms with E-state index >= 15 is 0 Å². The Morgan fingerprint density at radius 3 is 2.67 bits per heavy atom. The molecule has 0 radical (unpaired) electrons. The zero-order valence-corrected chi connectivity index (χ0v) is 14.1. The molecule has 0 aliphatic heterocycles. The van der Waals surface area contributed by atoms with Crippen molar-refractivity contribution in [1.82, 2.24) is 9.55 Å². The number of phenolic OH excluding ortho intramolecular Hbond substituents is 1. The van der Waals surface area contributed by atoms with Gasteiger partial charge in [0, 0.05) is 15.0 Å². The van der Waals surface area contributed by atoms with Crippen LogP contribution in [0.4, 0.5) is 0 Å². The molecule has 0 bridgehead atoms. The number of hydrogen-bond donors (Lipinski definition) is 1. The summed E-state index contributed by atoms with van der Waals surface area (Å²) >= 11 is 6.81. The van der Waals surface area contributed by atoms with E-state index in [9.17, 15) is 9.90 Å². The van der Waals surface area contributed by atoms with Crippen molar-refractivity contribution in [3.05, 3.63) is 61.5 Å². The molecule has 3 rings (SSSR count). The number of aryl methyl sites for hydroxylation is 1. The number of nitrogens with zero attached hydrogens (tertiary/aromatic N) is 2. The predicted octanol–water partition coefficient (Wildman–Crippen LogP) is 3.92. The van der Waals surface area contributed by atoms with Gasteiger partial charge in [-0.1, -0.05) is 22.0 Å². The van der Waals surface area contributed by atoms with Crippen LogP contribution in [0.1, 0.15) is 5.82 Å². The molecule has 106 valence electrons. The summed E-state index contributed by atoms with van der Waals surface area (Å²) in [4.78, 5) is 17.3. The SMILES string of the molecule is Cc1nc2c(Br)cc(Br)cc2c(=O)n1-c1cccc(O)c1. The monoisotopic (exact) mass is 408 g/mol. The van der Waals surface area contributed by atoms with E-state index in [1.54, 1.807) is 31.2 Å². The molecule has 21 heavy (non-hydrogen) atoms. The summed E-state index contributed by atoms with van der Waals surface area (Å²) in [5.74, 6) is 0.662. The van der Waals surface area contributed by atoms with E-state index in [1.807, 2.05) is 6.07 Å². The third-order valence-electron chi connectivity index (χ3n) is 3.15. The molecule has 0 spiro atoms. The molecule has 1 aromatic heterocycles. The minimum absolute atomic E-state index is 0.106. The molecule has 0 aliphatic rings. The lowest BCUT2D eigenvalue weighted by atomic mass is 10.2. The maximum atomic E-state index is 12.8. The summed E-state index contributed by atoms with van der Waals surface area (Å²) in [5.41, 5.74) is 1.03. The van der Waals surface area contributed by atoms with Gasteiger partial charge in [-0.15, -0.1) is 0 Å². The number of aromatic nitrogens is 2. The highest BCUT2D eigenvalue weighted by Gasteiger charge is 2.13. The van der Waals surface area contributed by atoms with E-state index in [4.69, 9.17) is 0 Å². The van der Waals surface area contributed by atoms with E-state index in [-0.39, 0.29) is 11.3 Å². The van der Waals surface area contributed by atoms with Gasteiger partial charge in [0.05, 0.1) is 16.6 Å². The average molecular weight is 410 g/mol. The fraction of sp³-hybridized carbons (Fsp3) is 0.0667. The Morgan fingerprint density at radius 2 is 1.95 bits per heavy atom. The topological polar surface area (TPSA) is 55.1 Å². The lowest BCUT2D eigenvalue weighted by molar-refractivity contribution is 0.475. The van der Waals surface area contributed by atoms with Crippen molar-refractivity contribution < 1.29 is 5.11 Å². The first-order chi connectivity index (χ1) is 9.97. The Hall–Kier alpha value is -1.66. The zero-order chi connectivity index (χ0) is 15.1. The van der Waals surface area contributed by atoms with Crippen molar-refractivity contribution >= 4 is 42.8 Å². The van der Waals surface area contributed by atoms with Crippen molar-refractivity contribution in [3.8, 4) is 11.4 Å². The second kappa shape index (κ2) is 5.27. The second-order valence-electron chi connectivity index (χ2n) is 4.60. The van der Waals surface area contributed by atoms with Crippen LogP contribution < -0.4 is 5.56 Å². The molecular weight excluding hydrogens is 400 g/mol. The highest BCUT2D eigenvalue weighted by Crippen LogP contribution is 2.26. The molecule has 2 aromatic carbocycles. The summed E-state index contributed by atoms with van der Waals surface area (Å²) in [7, 11) is 0. The zero-order valence-electron chi connectivity index (χ0n) is 11.0. The van der Waals surface area contributed by atoms with Crippen LogP contribution in [-0.4, -0.2) is 14.7 Å². The summed E-state index contributed by atoms with van der Waals surface area (Å²) in [6.45, 7) is 1.76. The van der Waals surface area contributed by atoms with Gasteiger partial charge in [-0.25, -0.2) is 4.98 Å². The Morgan fingerprint density at radius 1 is 1.19 bits per heavy atom. The van der Waals surface area contributed by atoms with Crippen molar-refractivity contribution in [2.24, 2.45) is 0 Å². The minimum atomic E-state index is -0.176. The van der Waals surface area contributed by atoms with Gasteiger partial charge in [0.2, 0.25) is 0 Å². The fourth-order valence-electron chi connectivity index (χ4n) is 2.26. The van der Waals surface area contributed by atoms with Crippen LogP contribution in [0.3, 0.4) is 0 Å². The number of fused-ring (bicyclic) bond motifs is 1. The quantitative estimate of drug-likeness (QED) is 0.662. The van der Waals surface area contributed by atoms with Crippen LogP contribution in [0.5, 0.6) is 5.75 Å². The first kappa shape index (κ1) is 14.3. The molecule has 0 aliphatic carbocycles. The van der Waals surface area contributed by atoms with E-state index in [0.717, 1.165) is 8.95 Å². The van der Waals surface area contributed by atoms with Crippen LogP contribution in [0.2, 0.25) is 0 Å². The van der Waals surface area contributed by atoms with E-state index in [2.05, 4.69) is 36.8 Å². The minimum Gasteiger partial charge on any atom is -0.508 e. The van der Waals surface area contributed by atoms with Crippen LogP contribution in [0.25, 0.3) is 16.6 Å². The van der Waals surface area contributed by atoms with Crippen molar-refractivity contribution in [2.45, 2.75) is 6.92 Å². The standard InChI is InChI=1S/C15H10Br2N2O2/c1-8-18-14-12(5-9(16)6-13(14)17)15(21)19(8)10-3-2-4-11(20)7-10/h2-7,20H,1H3. The number of benzene rings is 2. The molecule has 1 N–H and O–H groups in total. The number of hydrogen-bond acceptors (Lipinski definition) is 3. The van der Waals surface area contributed by atoms with Gasteiger partial charge in [0.15, 0.2) is 0 Å². The molecule has 0 unspecified atom stereocenters. The van der Waals surface area contributed by atoms with Crippen LogP contribution in [0, 0.1) is 6.92 Å². The number of halogens is 2. The molecule has 0 fully saturated rings. The molecule has 1 heterocycles. The maximum Gasteiger partial charge on any atom is 0.266 e. The summed E-state index contributed by atoms with van der Waals surface area (Å²) in [6, 6.07) is 10.1. The van der Waals surface area contributed by atoms with Crippen LogP contribution >= 0.6 is 31.9 Å². The average Bonchev–Trinajstić information content (AvgIpc) is 2.40. The van der Waals surface area contributed by atoms with Gasteiger partial charge in [-0.3, -0.25) is 9.36 Å². The molecule has 0 saturated carbocycles. The molecule has 6 heteroatoms. The molecule has 0 amide bonds. The summed E-state index contributed by atoms with van der Waals surface area (Å²) < 4.78 is 3.04. The molecule has 0 saturated heterocycles. The van der Waals surface area contributed by atoms with E-state index in [0.29, 0.717) is 22.4 Å². The van der Waals surface area contributed by atoms with Gasteiger partial charge < -0.3 is 5.11 Å². The normalized spacial score (nSPS) is 11.0. The first-order valence-corrected chi connectivity index (χ1v) is 7.74. The maximum absolute atomic E-state index is 12.8. The second-order valence-corrected chi connectivity index (χ2v) is 6.37. The van der Waals surface area contributed by atoms with Crippen molar-refractivity contribution in [3.63, 3.8) is 0 Å². The van der Waals surface area contributed by atoms with Gasteiger partial charge >= 0.3 is 0 Å². The summed E-state index contributed by atoms with van der Waals surface area (Å²) in [6.07, 6.45) is 0. The summed E-state index contributed by atoms with van der Waals surface area (Å²) in [5, 5.41) is 10.1. The fourth-order valence-corrected chi connectivity index (χ4v) is 3.57. The highest BCUT2D eigenvalue weighted by molar-refractivity contribution is 9.11. The third kappa shape index (κ3) is 2.49. The Balaban J connectivity index is 2.42. The Kier molecular flexibility index (Phi) is 3.59. The van der Waals surface area contributed by atoms with Crippen LogP contribution in [-0.2, 0) is 0 Å². The van der Waals surface area contributed by atoms with Gasteiger partial charge in [0.1, 0.15) is 11.6 Å². The number of phenols is 1. The molecule has 4 nitrogen and oxygen atoms in total. The van der Waals surface area contributed by atoms with E-state index in [1.165, 1.54) is 10.6 Å². The van der Waals surface area contributed by atoms with Gasteiger partial charge in [0.25, 0.3) is 5.56 Å². The van der Waals surface area contributed by atoms with Crippen molar-refractivity contribution in [1.29, 1.82) is 0 Å². The number of aromatic hydroxyl groups is 1. The van der Waals surface area contributed by atoms with Crippen molar-refractivity contribution in [2.75, 3.05) is 0 Å². The lowest BCUT2D eigenvalue weighted by Gasteiger charge is -2.12. The van der Waals surface area contributed by atoms with Crippen LogP contribution in [0.15, 0.2) is 50.1 Å². The molecule has 3 aromatic rings. The van der Waals surface area contributed by atoms with E-state index < -0.39 is 0 Å². The molecule has 0 atom stereocenters. The van der Waals surface area contributed by atoms with Gasteiger partial charge in [-0.2, -0.15) is 0 Å². The molecular formula is C15H10Br2N2O2. The third-order valence-corrected chi connectivity index (χ3v) is 4.21. The smallest absolute Gasteiger partial charge is 0.266 e. The largest absolute Gasteiger partial charge is 0.508 e. The first-order valence-electron chi connectivity index (χ1n) is 6.15. The lowest BCUT2D eigenvalue weighted by Crippen LogP contribution is -2.22. The Labute approximate surface area is 137 Å². The Bertz CT molecular complexity index is 919. The number of rotatable bonds is 1. The highest BCUT2D eigenvalue weighted by atomic mass is 79.9. The van der Waals surface area contributed by atoms with Gasteiger partial charge in [-0.05, 0) is 47.1 Å². The predicted molar refractivity (Wildman–Crippen MR) is 89.1 cm³/mol.